The number of ether oxygens (including phenoxy) is 1. The summed E-state index contributed by atoms with van der Waals surface area (Å²) in [5, 5.41) is 9.15. The second-order valence-corrected chi connectivity index (χ2v) is 4.79. The van der Waals surface area contributed by atoms with Crippen LogP contribution in [0.4, 0.5) is 0 Å². The largest absolute Gasteiger partial charge is 0.389 e. The molecular formula is C6H12O4S. The number of hydrogen-bond acceptors (Lipinski definition) is 4. The van der Waals surface area contributed by atoms with E-state index in [9.17, 15) is 8.42 Å². The Morgan fingerprint density at radius 1 is 1.55 bits per heavy atom. The first-order valence-electron chi connectivity index (χ1n) is 3.55. The van der Waals surface area contributed by atoms with Crippen molar-refractivity contribution >= 4 is 9.84 Å². The third kappa shape index (κ3) is 2.15. The van der Waals surface area contributed by atoms with E-state index in [-0.39, 0.29) is 11.5 Å². The Morgan fingerprint density at radius 2 is 2.18 bits per heavy atom. The maximum Gasteiger partial charge on any atom is 0.155 e. The second-order valence-electron chi connectivity index (χ2n) is 2.64. The van der Waals surface area contributed by atoms with Gasteiger partial charge in [-0.1, -0.05) is 0 Å². The normalized spacial score (nSPS) is 35.8. The molecule has 0 aromatic heterocycles. The molecule has 0 spiro atoms. The molecular weight excluding hydrogens is 168 g/mol. The summed E-state index contributed by atoms with van der Waals surface area (Å²) in [6.45, 7) is 2.22. The fourth-order valence-corrected chi connectivity index (χ4v) is 2.86. The van der Waals surface area contributed by atoms with Crippen molar-refractivity contribution in [2.24, 2.45) is 0 Å². The van der Waals surface area contributed by atoms with Gasteiger partial charge in [-0.3, -0.25) is 0 Å². The molecule has 1 saturated heterocycles. The van der Waals surface area contributed by atoms with Crippen LogP contribution in [0.3, 0.4) is 0 Å². The minimum Gasteiger partial charge on any atom is -0.389 e. The molecule has 0 aromatic carbocycles. The van der Waals surface area contributed by atoms with Crippen LogP contribution in [0.25, 0.3) is 0 Å². The van der Waals surface area contributed by atoms with Crippen LogP contribution < -0.4 is 0 Å². The van der Waals surface area contributed by atoms with Crippen molar-refractivity contribution in [2.45, 2.75) is 19.1 Å². The van der Waals surface area contributed by atoms with E-state index in [4.69, 9.17) is 9.84 Å². The average Bonchev–Trinajstić information content (AvgIpc) is 2.07. The zero-order chi connectivity index (χ0) is 8.48. The van der Waals surface area contributed by atoms with E-state index in [1.54, 1.807) is 6.92 Å². The Kier molecular flexibility index (Phi) is 2.51. The third-order valence-electron chi connectivity index (χ3n) is 1.65. The van der Waals surface area contributed by atoms with Crippen LogP contribution in [0.5, 0.6) is 0 Å². The molecule has 0 unspecified atom stereocenters. The van der Waals surface area contributed by atoms with Crippen LogP contribution in [-0.2, 0) is 14.6 Å². The lowest BCUT2D eigenvalue weighted by atomic mass is 10.3. The van der Waals surface area contributed by atoms with Crippen LogP contribution in [0, 0.1) is 0 Å². The summed E-state index contributed by atoms with van der Waals surface area (Å²) in [4.78, 5) is 0. The molecule has 1 aliphatic heterocycles. The van der Waals surface area contributed by atoms with Crippen LogP contribution >= 0.6 is 0 Å². The van der Waals surface area contributed by atoms with E-state index in [2.05, 4.69) is 0 Å². The minimum absolute atomic E-state index is 0.0397. The molecule has 1 aliphatic rings. The van der Waals surface area contributed by atoms with Crippen molar-refractivity contribution in [2.75, 3.05) is 18.1 Å². The third-order valence-corrected chi connectivity index (χ3v) is 3.34. The molecule has 1 fully saturated rings. The Balaban J connectivity index is 2.59. The highest BCUT2D eigenvalue weighted by Crippen LogP contribution is 2.15. The van der Waals surface area contributed by atoms with Gasteiger partial charge < -0.3 is 9.84 Å². The molecule has 0 aliphatic carbocycles. The highest BCUT2D eigenvalue weighted by molar-refractivity contribution is 7.91. The summed E-state index contributed by atoms with van der Waals surface area (Å²) >= 11 is 0. The van der Waals surface area contributed by atoms with Gasteiger partial charge in [0.05, 0.1) is 23.7 Å². The van der Waals surface area contributed by atoms with Gasteiger partial charge in [-0.05, 0) is 6.92 Å². The van der Waals surface area contributed by atoms with Crippen molar-refractivity contribution in [3.05, 3.63) is 0 Å². The van der Waals surface area contributed by atoms with Crippen molar-refractivity contribution in [1.82, 2.24) is 0 Å². The number of hydrogen-bond donors (Lipinski definition) is 1. The smallest absolute Gasteiger partial charge is 0.155 e. The van der Waals surface area contributed by atoms with E-state index in [1.165, 1.54) is 0 Å². The molecule has 2 atom stereocenters. The summed E-state index contributed by atoms with van der Waals surface area (Å²) in [6, 6.07) is 0. The monoisotopic (exact) mass is 180 g/mol. The topological polar surface area (TPSA) is 63.6 Å². The fraction of sp³-hybridized carbons (Fsp3) is 1.00. The van der Waals surface area contributed by atoms with E-state index in [0.717, 1.165) is 0 Å². The van der Waals surface area contributed by atoms with Crippen molar-refractivity contribution in [3.63, 3.8) is 0 Å². The van der Waals surface area contributed by atoms with Crippen molar-refractivity contribution < 1.29 is 18.3 Å². The zero-order valence-electron chi connectivity index (χ0n) is 6.36. The molecule has 0 amide bonds. The minimum atomic E-state index is -3.04. The Bertz CT molecular complexity index is 221. The van der Waals surface area contributed by atoms with Crippen LogP contribution in [0.15, 0.2) is 0 Å². The molecule has 11 heavy (non-hydrogen) atoms. The van der Waals surface area contributed by atoms with E-state index >= 15 is 0 Å². The standard InChI is InChI=1S/C6H12O4S/c1-2-10-6-4-11(8,9)3-5(6)7/h5-7H,2-4H2,1H3/t5-,6+/m1/s1. The molecule has 66 valence electrons. The first-order chi connectivity index (χ1) is 5.05. The predicted molar refractivity (Wildman–Crippen MR) is 40.1 cm³/mol. The van der Waals surface area contributed by atoms with Gasteiger partial charge in [0, 0.05) is 6.61 Å². The summed E-state index contributed by atoms with van der Waals surface area (Å²) in [5.41, 5.74) is 0. The summed E-state index contributed by atoms with van der Waals surface area (Å²) in [7, 11) is -3.04. The predicted octanol–water partition coefficient (Wildman–Crippen LogP) is -0.819. The average molecular weight is 180 g/mol. The summed E-state index contributed by atoms with van der Waals surface area (Å²) in [5.74, 6) is -0.195. The molecule has 1 rings (SSSR count). The molecule has 4 nitrogen and oxygen atoms in total. The van der Waals surface area contributed by atoms with E-state index < -0.39 is 22.0 Å². The maximum absolute atomic E-state index is 10.9. The SMILES string of the molecule is CCO[C@H]1CS(=O)(=O)C[C@H]1O. The van der Waals surface area contributed by atoms with Crippen molar-refractivity contribution in [1.29, 1.82) is 0 Å². The van der Waals surface area contributed by atoms with Gasteiger partial charge in [0.1, 0.15) is 0 Å². The number of sulfone groups is 1. The number of aliphatic hydroxyl groups excluding tert-OH is 1. The molecule has 5 heteroatoms. The molecule has 0 aromatic rings. The van der Waals surface area contributed by atoms with Gasteiger partial charge in [-0.2, -0.15) is 0 Å². The van der Waals surface area contributed by atoms with Gasteiger partial charge in [0.15, 0.2) is 9.84 Å². The molecule has 1 heterocycles. The van der Waals surface area contributed by atoms with Gasteiger partial charge in [0.2, 0.25) is 0 Å². The first kappa shape index (κ1) is 8.96. The Morgan fingerprint density at radius 3 is 2.55 bits per heavy atom. The quantitative estimate of drug-likeness (QED) is 0.603. The highest BCUT2D eigenvalue weighted by atomic mass is 32.2. The van der Waals surface area contributed by atoms with Crippen LogP contribution in [-0.4, -0.2) is 43.8 Å². The van der Waals surface area contributed by atoms with E-state index in [0.29, 0.717) is 6.61 Å². The van der Waals surface area contributed by atoms with Gasteiger partial charge >= 0.3 is 0 Å². The number of rotatable bonds is 2. The molecule has 1 N–H and O–H groups in total. The second kappa shape index (κ2) is 3.08. The lowest BCUT2D eigenvalue weighted by Gasteiger charge is -2.11. The maximum atomic E-state index is 10.9. The van der Waals surface area contributed by atoms with Gasteiger partial charge in [-0.15, -0.1) is 0 Å². The lowest BCUT2D eigenvalue weighted by Crippen LogP contribution is -2.26. The zero-order valence-corrected chi connectivity index (χ0v) is 7.17. The highest BCUT2D eigenvalue weighted by Gasteiger charge is 2.36. The first-order valence-corrected chi connectivity index (χ1v) is 5.37. The van der Waals surface area contributed by atoms with Gasteiger partial charge in [0.25, 0.3) is 0 Å². The Hall–Kier alpha value is -0.130. The molecule has 0 radical (unpaired) electrons. The van der Waals surface area contributed by atoms with Crippen LogP contribution in [0.2, 0.25) is 0 Å². The summed E-state index contributed by atoms with van der Waals surface area (Å²) < 4.78 is 26.8. The van der Waals surface area contributed by atoms with E-state index in [1.807, 2.05) is 0 Å². The van der Waals surface area contributed by atoms with Gasteiger partial charge in [-0.25, -0.2) is 8.42 Å². The number of aliphatic hydroxyl groups is 1. The Labute approximate surface area is 66.1 Å². The molecule has 0 bridgehead atoms. The van der Waals surface area contributed by atoms with Crippen molar-refractivity contribution in [3.8, 4) is 0 Å². The fourth-order valence-electron chi connectivity index (χ4n) is 1.17. The molecule has 0 saturated carbocycles. The summed E-state index contributed by atoms with van der Waals surface area (Å²) in [6.07, 6.45) is -1.34. The lowest BCUT2D eigenvalue weighted by molar-refractivity contribution is -0.00172. The van der Waals surface area contributed by atoms with Crippen LogP contribution in [0.1, 0.15) is 6.92 Å².